The number of para-hydroxylation sites is 1. The number of benzene rings is 3. The van der Waals surface area contributed by atoms with Crippen molar-refractivity contribution in [2.24, 2.45) is 5.14 Å². The van der Waals surface area contributed by atoms with Crippen LogP contribution >= 0.6 is 0 Å². The zero-order valence-electron chi connectivity index (χ0n) is 21.6. The molecule has 0 bridgehead atoms. The molecule has 0 saturated heterocycles. The van der Waals surface area contributed by atoms with Gasteiger partial charge in [-0.05, 0) is 68.7 Å². The standard InChI is InChI=1S/C30H31N3O3S/c1-17-14-25(24-11-7-10-22-18(2)16-32-28(22)24)23(26-19(3)29(34)30(4,5)33-27(17)26)13-12-20-8-6-9-21(15-20)37(31,35)36/h6-11,14-16,19,29,32-34H,1-5H3,(H2,31,35,36)/t19-,29+/m1/s1. The van der Waals surface area contributed by atoms with E-state index in [0.717, 1.165) is 50.0 Å². The minimum atomic E-state index is -3.85. The van der Waals surface area contributed by atoms with Gasteiger partial charge in [-0.3, -0.25) is 0 Å². The molecule has 0 fully saturated rings. The number of nitrogens with one attached hydrogen (secondary N) is 2. The maximum Gasteiger partial charge on any atom is 0.238 e. The van der Waals surface area contributed by atoms with Gasteiger partial charge in [-0.25, -0.2) is 13.6 Å². The number of fused-ring (bicyclic) bond motifs is 2. The summed E-state index contributed by atoms with van der Waals surface area (Å²) >= 11 is 0. The van der Waals surface area contributed by atoms with E-state index in [1.165, 1.54) is 12.1 Å². The van der Waals surface area contributed by atoms with Crippen molar-refractivity contribution in [3.05, 3.63) is 82.5 Å². The first kappa shape index (κ1) is 25.1. The van der Waals surface area contributed by atoms with E-state index in [2.05, 4.69) is 54.2 Å². The number of aliphatic hydroxyl groups is 1. The molecule has 3 aromatic carbocycles. The minimum Gasteiger partial charge on any atom is -0.390 e. The van der Waals surface area contributed by atoms with Gasteiger partial charge in [0.1, 0.15) is 0 Å². The van der Waals surface area contributed by atoms with Gasteiger partial charge in [0.05, 0.1) is 22.1 Å². The number of aryl methyl sites for hydroxylation is 2. The highest BCUT2D eigenvalue weighted by Gasteiger charge is 2.40. The molecule has 0 aliphatic carbocycles. The van der Waals surface area contributed by atoms with E-state index in [4.69, 9.17) is 5.14 Å². The summed E-state index contributed by atoms with van der Waals surface area (Å²) in [6.45, 7) is 10.2. The molecule has 7 heteroatoms. The largest absolute Gasteiger partial charge is 0.390 e. The Morgan fingerprint density at radius 3 is 2.46 bits per heavy atom. The van der Waals surface area contributed by atoms with Crippen LogP contribution in [0.4, 0.5) is 5.69 Å². The van der Waals surface area contributed by atoms with Crippen LogP contribution in [-0.4, -0.2) is 30.2 Å². The number of rotatable bonds is 2. The number of nitrogens with two attached hydrogens (primary N) is 1. The Morgan fingerprint density at radius 2 is 1.73 bits per heavy atom. The Kier molecular flexibility index (Phi) is 5.95. The highest BCUT2D eigenvalue weighted by molar-refractivity contribution is 7.89. The Morgan fingerprint density at radius 1 is 1.00 bits per heavy atom. The van der Waals surface area contributed by atoms with Gasteiger partial charge in [0.2, 0.25) is 10.0 Å². The van der Waals surface area contributed by atoms with Gasteiger partial charge in [0.25, 0.3) is 0 Å². The highest BCUT2D eigenvalue weighted by Crippen LogP contribution is 2.46. The van der Waals surface area contributed by atoms with Crippen LogP contribution in [0.3, 0.4) is 0 Å². The molecular formula is C30H31N3O3S. The summed E-state index contributed by atoms with van der Waals surface area (Å²) in [5.41, 5.74) is 7.99. The number of aliphatic hydroxyl groups excluding tert-OH is 1. The number of aromatic nitrogens is 1. The number of anilines is 1. The van der Waals surface area contributed by atoms with Crippen LogP contribution in [0.2, 0.25) is 0 Å². The number of sulfonamides is 1. The SMILES string of the molecule is Cc1cc(-c2cccc3c(C)c[nH]c23)c(C#Cc2cccc(S(N)(=O)=O)c2)c2c1NC(C)(C)[C@@H](O)[C@@H]2C. The molecule has 1 aromatic heterocycles. The van der Waals surface area contributed by atoms with Crippen LogP contribution in [0.25, 0.3) is 22.0 Å². The van der Waals surface area contributed by atoms with Crippen LogP contribution in [0, 0.1) is 25.7 Å². The molecule has 1 aliphatic rings. The average molecular weight is 514 g/mol. The van der Waals surface area contributed by atoms with Crippen LogP contribution in [0.15, 0.2) is 59.6 Å². The predicted octanol–water partition coefficient (Wildman–Crippen LogP) is 5.17. The smallest absolute Gasteiger partial charge is 0.238 e. The third-order valence-electron chi connectivity index (χ3n) is 7.39. The van der Waals surface area contributed by atoms with Crippen molar-refractivity contribution in [3.63, 3.8) is 0 Å². The molecule has 0 radical (unpaired) electrons. The van der Waals surface area contributed by atoms with Gasteiger partial charge in [0.15, 0.2) is 0 Å². The van der Waals surface area contributed by atoms with Crippen LogP contribution in [0.1, 0.15) is 54.5 Å². The molecule has 4 aromatic rings. The first-order valence-electron chi connectivity index (χ1n) is 12.2. The Hall–Kier alpha value is -3.57. The van der Waals surface area contributed by atoms with Crippen LogP contribution < -0.4 is 10.5 Å². The first-order valence-corrected chi connectivity index (χ1v) is 13.8. The van der Waals surface area contributed by atoms with Crippen molar-refractivity contribution in [1.29, 1.82) is 0 Å². The molecule has 2 heterocycles. The Bertz CT molecular complexity index is 1720. The lowest BCUT2D eigenvalue weighted by Gasteiger charge is -2.43. The summed E-state index contributed by atoms with van der Waals surface area (Å²) in [6, 6.07) is 14.7. The summed E-state index contributed by atoms with van der Waals surface area (Å²) in [6.07, 6.45) is 1.37. The maximum atomic E-state index is 11.9. The van der Waals surface area contributed by atoms with Crippen molar-refractivity contribution in [1.82, 2.24) is 4.98 Å². The molecule has 6 nitrogen and oxygen atoms in total. The molecule has 0 spiro atoms. The van der Waals surface area contributed by atoms with E-state index in [1.54, 1.807) is 12.1 Å². The molecule has 0 unspecified atom stereocenters. The number of hydrogen-bond donors (Lipinski definition) is 4. The van der Waals surface area contributed by atoms with Crippen molar-refractivity contribution >= 4 is 26.6 Å². The minimum absolute atomic E-state index is 0.0179. The van der Waals surface area contributed by atoms with E-state index >= 15 is 0 Å². The molecule has 2 atom stereocenters. The van der Waals surface area contributed by atoms with Gasteiger partial charge in [-0.2, -0.15) is 0 Å². The Balaban J connectivity index is 1.81. The van der Waals surface area contributed by atoms with Gasteiger partial charge in [0, 0.05) is 45.4 Å². The second-order valence-electron chi connectivity index (χ2n) is 10.5. The summed E-state index contributed by atoms with van der Waals surface area (Å²) < 4.78 is 23.8. The zero-order valence-corrected chi connectivity index (χ0v) is 22.4. The van der Waals surface area contributed by atoms with Gasteiger partial charge in [-0.15, -0.1) is 0 Å². The van der Waals surface area contributed by atoms with E-state index in [1.807, 2.05) is 33.0 Å². The summed E-state index contributed by atoms with van der Waals surface area (Å²) in [7, 11) is -3.85. The van der Waals surface area contributed by atoms with Crippen molar-refractivity contribution in [2.45, 2.75) is 57.1 Å². The molecule has 0 amide bonds. The fourth-order valence-corrected chi connectivity index (χ4v) is 5.95. The maximum absolute atomic E-state index is 11.9. The molecule has 190 valence electrons. The Labute approximate surface area is 218 Å². The van der Waals surface area contributed by atoms with Crippen molar-refractivity contribution in [3.8, 4) is 23.0 Å². The van der Waals surface area contributed by atoms with Gasteiger partial charge >= 0.3 is 0 Å². The summed E-state index contributed by atoms with van der Waals surface area (Å²) in [4.78, 5) is 3.44. The zero-order chi connectivity index (χ0) is 26.7. The average Bonchev–Trinajstić information content (AvgIpc) is 3.23. The fraction of sp³-hybridized carbons (Fsp3) is 0.267. The van der Waals surface area contributed by atoms with Crippen molar-refractivity contribution in [2.75, 3.05) is 5.32 Å². The predicted molar refractivity (Wildman–Crippen MR) is 149 cm³/mol. The third kappa shape index (κ3) is 4.31. The number of primary sulfonamides is 1. The molecular weight excluding hydrogens is 482 g/mol. The van der Waals surface area contributed by atoms with Gasteiger partial charge in [-0.1, -0.05) is 43.0 Å². The number of H-pyrrole nitrogens is 1. The second kappa shape index (κ2) is 8.77. The highest BCUT2D eigenvalue weighted by atomic mass is 32.2. The normalized spacial score (nSPS) is 18.6. The monoisotopic (exact) mass is 513 g/mol. The molecule has 1 aliphatic heterocycles. The molecule has 37 heavy (non-hydrogen) atoms. The number of aromatic amines is 1. The molecule has 5 N–H and O–H groups in total. The van der Waals surface area contributed by atoms with E-state index < -0.39 is 21.7 Å². The quantitative estimate of drug-likeness (QED) is 0.277. The fourth-order valence-electron chi connectivity index (χ4n) is 5.40. The van der Waals surface area contributed by atoms with E-state index in [9.17, 15) is 13.5 Å². The lowest BCUT2D eigenvalue weighted by Crippen LogP contribution is -2.50. The van der Waals surface area contributed by atoms with E-state index in [0.29, 0.717) is 5.56 Å². The summed E-state index contributed by atoms with van der Waals surface area (Å²) in [5.74, 6) is 6.35. The first-order chi connectivity index (χ1) is 17.4. The van der Waals surface area contributed by atoms with E-state index in [-0.39, 0.29) is 10.8 Å². The third-order valence-corrected chi connectivity index (χ3v) is 8.30. The second-order valence-corrected chi connectivity index (χ2v) is 12.1. The van der Waals surface area contributed by atoms with Crippen LogP contribution in [-0.2, 0) is 10.0 Å². The van der Waals surface area contributed by atoms with Crippen LogP contribution in [0.5, 0.6) is 0 Å². The molecule has 0 saturated carbocycles. The lowest BCUT2D eigenvalue weighted by atomic mass is 9.75. The van der Waals surface area contributed by atoms with Gasteiger partial charge < -0.3 is 15.4 Å². The van der Waals surface area contributed by atoms with Crippen molar-refractivity contribution < 1.29 is 13.5 Å². The lowest BCUT2D eigenvalue weighted by molar-refractivity contribution is 0.0868. The topological polar surface area (TPSA) is 108 Å². The molecule has 5 rings (SSSR count). The number of hydrogen-bond acceptors (Lipinski definition) is 4. The summed E-state index contributed by atoms with van der Waals surface area (Å²) in [5, 5.41) is 21.2.